The number of methoxy groups -OCH3 is 1. The van der Waals surface area contributed by atoms with E-state index in [1.54, 1.807) is 0 Å². The standard InChI is InChI=1S/C24H24N4O5/c1-33-23-17-20(21(27(29)30)16-22(23)28(31)32)25-12-14-26(15-13-25)24(18-8-4-2-5-9-18)19-10-6-3-7-11-19/h2-11,16-17,24H,12-15H2,1H3/p+1. The topological polar surface area (TPSA) is 103 Å². The van der Waals surface area contributed by atoms with Crippen LogP contribution >= 0.6 is 0 Å². The van der Waals surface area contributed by atoms with Gasteiger partial charge in [-0.2, -0.15) is 0 Å². The molecule has 0 atom stereocenters. The molecule has 170 valence electrons. The maximum atomic E-state index is 11.7. The third-order valence-electron chi connectivity index (χ3n) is 6.09. The number of hydrogen-bond acceptors (Lipinski definition) is 6. The molecule has 33 heavy (non-hydrogen) atoms. The van der Waals surface area contributed by atoms with E-state index < -0.39 is 15.5 Å². The van der Waals surface area contributed by atoms with Gasteiger partial charge in [0.05, 0.1) is 49.2 Å². The average molecular weight is 449 g/mol. The largest absolute Gasteiger partial charge is 0.490 e. The van der Waals surface area contributed by atoms with Crippen molar-refractivity contribution < 1.29 is 19.5 Å². The number of anilines is 1. The molecule has 1 heterocycles. The van der Waals surface area contributed by atoms with Gasteiger partial charge in [-0.25, -0.2) is 0 Å². The number of nitrogens with zero attached hydrogens (tertiary/aromatic N) is 3. The first kappa shape index (κ1) is 22.2. The van der Waals surface area contributed by atoms with Crippen LogP contribution in [0.25, 0.3) is 0 Å². The summed E-state index contributed by atoms with van der Waals surface area (Å²) in [6.07, 6.45) is 0. The van der Waals surface area contributed by atoms with Gasteiger partial charge in [0.2, 0.25) is 0 Å². The van der Waals surface area contributed by atoms with Crippen LogP contribution in [0.1, 0.15) is 17.2 Å². The lowest BCUT2D eigenvalue weighted by molar-refractivity contribution is -0.926. The lowest BCUT2D eigenvalue weighted by atomic mass is 9.96. The molecule has 0 bridgehead atoms. The molecule has 0 aliphatic carbocycles. The molecule has 0 saturated carbocycles. The van der Waals surface area contributed by atoms with Crippen molar-refractivity contribution in [2.24, 2.45) is 0 Å². The van der Waals surface area contributed by atoms with Crippen molar-refractivity contribution in [1.29, 1.82) is 0 Å². The first-order valence-corrected chi connectivity index (χ1v) is 10.7. The zero-order valence-corrected chi connectivity index (χ0v) is 18.2. The SMILES string of the molecule is COc1cc(N2CC[NH+](C(c3ccccc3)c3ccccc3)CC2)c([N+](=O)[O-])cc1[N+](=O)[O-]. The van der Waals surface area contributed by atoms with Crippen LogP contribution in [0.3, 0.4) is 0 Å². The van der Waals surface area contributed by atoms with Gasteiger partial charge in [0.15, 0.2) is 5.75 Å². The number of piperazine rings is 1. The Morgan fingerprint density at radius 3 is 1.82 bits per heavy atom. The molecule has 1 aliphatic heterocycles. The summed E-state index contributed by atoms with van der Waals surface area (Å²) in [5.41, 5.74) is 2.08. The number of ether oxygens (including phenoxy) is 1. The van der Waals surface area contributed by atoms with Crippen LogP contribution in [0.2, 0.25) is 0 Å². The van der Waals surface area contributed by atoms with Crippen LogP contribution in [0, 0.1) is 20.2 Å². The van der Waals surface area contributed by atoms with Crippen LogP contribution in [-0.4, -0.2) is 43.1 Å². The highest BCUT2D eigenvalue weighted by Gasteiger charge is 2.34. The van der Waals surface area contributed by atoms with E-state index in [0.29, 0.717) is 18.8 Å². The second-order valence-electron chi connectivity index (χ2n) is 7.93. The average Bonchev–Trinajstić information content (AvgIpc) is 2.85. The number of nitrogens with one attached hydrogen (secondary N) is 1. The molecule has 0 radical (unpaired) electrons. The van der Waals surface area contributed by atoms with Crippen LogP contribution in [-0.2, 0) is 0 Å². The minimum atomic E-state index is -0.665. The zero-order valence-electron chi connectivity index (χ0n) is 18.2. The van der Waals surface area contributed by atoms with E-state index in [-0.39, 0.29) is 17.5 Å². The Morgan fingerprint density at radius 1 is 0.848 bits per heavy atom. The smallest absolute Gasteiger partial charge is 0.317 e. The second-order valence-corrected chi connectivity index (χ2v) is 7.93. The van der Waals surface area contributed by atoms with Crippen LogP contribution in [0.15, 0.2) is 72.8 Å². The summed E-state index contributed by atoms with van der Waals surface area (Å²) in [5, 5.41) is 23.0. The first-order valence-electron chi connectivity index (χ1n) is 10.7. The highest BCUT2D eigenvalue weighted by molar-refractivity contribution is 5.71. The van der Waals surface area contributed by atoms with Crippen molar-refractivity contribution in [1.82, 2.24) is 0 Å². The Bertz CT molecular complexity index is 1090. The lowest BCUT2D eigenvalue weighted by Gasteiger charge is -2.37. The molecule has 1 N–H and O–H groups in total. The van der Waals surface area contributed by atoms with Gasteiger partial charge in [-0.15, -0.1) is 0 Å². The number of rotatable bonds is 7. The summed E-state index contributed by atoms with van der Waals surface area (Å²) in [4.78, 5) is 25.1. The Morgan fingerprint density at radius 2 is 1.36 bits per heavy atom. The van der Waals surface area contributed by atoms with Gasteiger partial charge in [-0.3, -0.25) is 20.2 Å². The fourth-order valence-corrected chi connectivity index (χ4v) is 4.53. The van der Waals surface area contributed by atoms with Gasteiger partial charge in [0.25, 0.3) is 5.69 Å². The van der Waals surface area contributed by atoms with Crippen molar-refractivity contribution in [3.8, 4) is 5.75 Å². The fourth-order valence-electron chi connectivity index (χ4n) is 4.53. The lowest BCUT2D eigenvalue weighted by Crippen LogP contribution is -3.15. The normalized spacial score (nSPS) is 14.3. The molecular formula is C24H25N4O5+. The highest BCUT2D eigenvalue weighted by Crippen LogP contribution is 2.39. The molecule has 3 aromatic rings. The number of benzene rings is 3. The summed E-state index contributed by atoms with van der Waals surface area (Å²) in [6.45, 7) is 2.66. The van der Waals surface area contributed by atoms with Crippen LogP contribution < -0.4 is 14.5 Å². The van der Waals surface area contributed by atoms with E-state index >= 15 is 0 Å². The number of nitro groups is 2. The van der Waals surface area contributed by atoms with Crippen molar-refractivity contribution in [2.75, 3.05) is 38.2 Å². The van der Waals surface area contributed by atoms with Crippen molar-refractivity contribution in [3.05, 3.63) is 104 Å². The number of nitro benzene ring substituents is 2. The molecule has 0 unspecified atom stereocenters. The Hall–Kier alpha value is -3.98. The zero-order chi connectivity index (χ0) is 23.4. The molecule has 0 amide bonds. The molecular weight excluding hydrogens is 424 g/mol. The quantitative estimate of drug-likeness (QED) is 0.439. The van der Waals surface area contributed by atoms with E-state index in [1.807, 2.05) is 41.3 Å². The molecule has 9 heteroatoms. The first-order chi connectivity index (χ1) is 16.0. The molecule has 1 aliphatic rings. The predicted molar refractivity (Wildman–Crippen MR) is 124 cm³/mol. The minimum absolute atomic E-state index is 0.0156. The van der Waals surface area contributed by atoms with Crippen LogP contribution in [0.5, 0.6) is 5.75 Å². The van der Waals surface area contributed by atoms with Crippen molar-refractivity contribution in [3.63, 3.8) is 0 Å². The maximum absolute atomic E-state index is 11.7. The van der Waals surface area contributed by atoms with E-state index in [0.717, 1.165) is 19.2 Å². The molecule has 0 aromatic heterocycles. The summed E-state index contributed by atoms with van der Waals surface area (Å²) in [6, 6.07) is 23.2. The van der Waals surface area contributed by atoms with Gasteiger partial charge < -0.3 is 14.5 Å². The molecule has 0 spiro atoms. The molecule has 1 saturated heterocycles. The van der Waals surface area contributed by atoms with E-state index in [9.17, 15) is 20.2 Å². The van der Waals surface area contributed by atoms with Gasteiger partial charge >= 0.3 is 5.69 Å². The molecule has 1 fully saturated rings. The second kappa shape index (κ2) is 9.66. The number of hydrogen-bond donors (Lipinski definition) is 1. The monoisotopic (exact) mass is 449 g/mol. The predicted octanol–water partition coefficient (Wildman–Crippen LogP) is 3.01. The summed E-state index contributed by atoms with van der Waals surface area (Å²) in [5.74, 6) is 0.0156. The summed E-state index contributed by atoms with van der Waals surface area (Å²) < 4.78 is 5.15. The highest BCUT2D eigenvalue weighted by atomic mass is 16.6. The van der Waals surface area contributed by atoms with Crippen LogP contribution in [0.4, 0.5) is 17.1 Å². The molecule has 9 nitrogen and oxygen atoms in total. The van der Waals surface area contributed by atoms with E-state index in [2.05, 4.69) is 24.3 Å². The molecule has 3 aromatic carbocycles. The van der Waals surface area contributed by atoms with E-state index in [4.69, 9.17) is 4.74 Å². The number of quaternary nitrogens is 1. The Kier molecular flexibility index (Phi) is 6.50. The minimum Gasteiger partial charge on any atom is -0.490 e. The van der Waals surface area contributed by atoms with Crippen molar-refractivity contribution >= 4 is 17.1 Å². The van der Waals surface area contributed by atoms with E-state index in [1.165, 1.54) is 29.2 Å². The Balaban J connectivity index is 1.62. The summed E-state index contributed by atoms with van der Waals surface area (Å²) >= 11 is 0. The van der Waals surface area contributed by atoms with Gasteiger partial charge in [-0.05, 0) is 0 Å². The summed E-state index contributed by atoms with van der Waals surface area (Å²) in [7, 11) is 1.32. The van der Waals surface area contributed by atoms with Gasteiger partial charge in [0, 0.05) is 17.2 Å². The molecule has 4 rings (SSSR count). The van der Waals surface area contributed by atoms with Crippen molar-refractivity contribution in [2.45, 2.75) is 6.04 Å². The Labute approximate surface area is 191 Å². The fraction of sp³-hybridized carbons (Fsp3) is 0.250. The third kappa shape index (κ3) is 4.63. The maximum Gasteiger partial charge on any atom is 0.317 e. The van der Waals surface area contributed by atoms with Gasteiger partial charge in [0.1, 0.15) is 11.7 Å². The third-order valence-corrected chi connectivity index (χ3v) is 6.09. The van der Waals surface area contributed by atoms with Gasteiger partial charge in [-0.1, -0.05) is 60.7 Å².